The molecule has 4 heteroatoms. The Morgan fingerprint density at radius 2 is 2.20 bits per heavy atom. The maximum atomic E-state index is 11.3. The van der Waals surface area contributed by atoms with Gasteiger partial charge in [-0.15, -0.1) is 0 Å². The van der Waals surface area contributed by atoms with Crippen molar-refractivity contribution in [2.24, 2.45) is 5.73 Å². The molecule has 0 bridgehead atoms. The lowest BCUT2D eigenvalue weighted by Crippen LogP contribution is -2.35. The van der Waals surface area contributed by atoms with E-state index in [-0.39, 0.29) is 11.2 Å². The number of nitrogens with zero attached hydrogens (tertiary/aromatic N) is 1. The van der Waals surface area contributed by atoms with Crippen LogP contribution in [-0.4, -0.2) is 23.3 Å². The average molecular weight is 210 g/mol. The molecule has 0 amide bonds. The van der Waals surface area contributed by atoms with Crippen molar-refractivity contribution in [3.8, 4) is 0 Å². The van der Waals surface area contributed by atoms with Crippen LogP contribution in [0.25, 0.3) is 0 Å². The van der Waals surface area contributed by atoms with Crippen LogP contribution in [0, 0.1) is 0 Å². The van der Waals surface area contributed by atoms with Gasteiger partial charge in [-0.05, 0) is 19.9 Å². The third-order valence-electron chi connectivity index (χ3n) is 2.22. The molecule has 0 aliphatic rings. The molecule has 1 aromatic rings. The van der Waals surface area contributed by atoms with E-state index in [9.17, 15) is 4.79 Å². The maximum absolute atomic E-state index is 11.3. The Bertz CT molecular complexity index is 358. The molecule has 0 saturated heterocycles. The van der Waals surface area contributed by atoms with Crippen molar-refractivity contribution in [3.63, 3.8) is 0 Å². The summed E-state index contributed by atoms with van der Waals surface area (Å²) in [5.74, 6) is 0. The molecule has 0 unspecified atom stereocenters. The molecule has 2 N–H and O–H groups in total. The van der Waals surface area contributed by atoms with Gasteiger partial charge in [0.25, 0.3) is 5.56 Å². The van der Waals surface area contributed by atoms with Crippen molar-refractivity contribution in [2.75, 3.05) is 13.2 Å². The summed E-state index contributed by atoms with van der Waals surface area (Å²) in [6, 6.07) is 5.09. The SMILES string of the molecule is CC(C)(CN)OCCn1ccccc1=O. The van der Waals surface area contributed by atoms with Gasteiger partial charge in [-0.3, -0.25) is 4.79 Å². The third kappa shape index (κ3) is 3.85. The summed E-state index contributed by atoms with van der Waals surface area (Å²) in [4.78, 5) is 11.3. The molecule has 0 atom stereocenters. The van der Waals surface area contributed by atoms with Crippen molar-refractivity contribution in [1.82, 2.24) is 4.57 Å². The minimum absolute atomic E-state index is 0.00773. The van der Waals surface area contributed by atoms with Crippen LogP contribution in [0.2, 0.25) is 0 Å². The Kier molecular flexibility index (Phi) is 4.05. The van der Waals surface area contributed by atoms with E-state index in [1.54, 1.807) is 16.8 Å². The zero-order valence-electron chi connectivity index (χ0n) is 9.27. The van der Waals surface area contributed by atoms with Crippen molar-refractivity contribution >= 4 is 0 Å². The molecule has 4 nitrogen and oxygen atoms in total. The van der Waals surface area contributed by atoms with E-state index < -0.39 is 0 Å². The van der Waals surface area contributed by atoms with Gasteiger partial charge < -0.3 is 15.0 Å². The largest absolute Gasteiger partial charge is 0.372 e. The molecule has 0 saturated carbocycles. The predicted molar refractivity (Wildman–Crippen MR) is 59.8 cm³/mol. The lowest BCUT2D eigenvalue weighted by atomic mass is 10.1. The van der Waals surface area contributed by atoms with Crippen LogP contribution in [0.1, 0.15) is 13.8 Å². The lowest BCUT2D eigenvalue weighted by Gasteiger charge is -2.23. The first-order chi connectivity index (χ1) is 7.05. The number of pyridine rings is 1. The fraction of sp³-hybridized carbons (Fsp3) is 0.545. The molecular weight excluding hydrogens is 192 g/mol. The second-order valence-electron chi connectivity index (χ2n) is 4.04. The molecule has 0 aliphatic heterocycles. The van der Waals surface area contributed by atoms with Crippen LogP contribution >= 0.6 is 0 Å². The van der Waals surface area contributed by atoms with Gasteiger partial charge in [0.2, 0.25) is 0 Å². The van der Waals surface area contributed by atoms with E-state index >= 15 is 0 Å². The van der Waals surface area contributed by atoms with Crippen molar-refractivity contribution < 1.29 is 4.74 Å². The van der Waals surface area contributed by atoms with E-state index in [0.29, 0.717) is 19.7 Å². The fourth-order valence-electron chi connectivity index (χ4n) is 1.12. The van der Waals surface area contributed by atoms with Gasteiger partial charge in [0.05, 0.1) is 12.2 Å². The smallest absolute Gasteiger partial charge is 0.250 e. The zero-order valence-corrected chi connectivity index (χ0v) is 9.27. The van der Waals surface area contributed by atoms with Gasteiger partial charge in [-0.2, -0.15) is 0 Å². The van der Waals surface area contributed by atoms with E-state index in [2.05, 4.69) is 0 Å². The quantitative estimate of drug-likeness (QED) is 0.774. The average Bonchev–Trinajstić information content (AvgIpc) is 2.21. The Labute approximate surface area is 89.7 Å². The molecule has 1 aromatic heterocycles. The highest BCUT2D eigenvalue weighted by molar-refractivity contribution is 4.93. The van der Waals surface area contributed by atoms with Crippen LogP contribution in [0.15, 0.2) is 29.2 Å². The normalized spacial score (nSPS) is 11.7. The number of rotatable bonds is 5. The van der Waals surface area contributed by atoms with Gasteiger partial charge in [-0.1, -0.05) is 6.07 Å². The molecule has 1 rings (SSSR count). The molecular formula is C11H18N2O2. The van der Waals surface area contributed by atoms with E-state index in [1.807, 2.05) is 19.9 Å². The fourth-order valence-corrected chi connectivity index (χ4v) is 1.12. The second kappa shape index (κ2) is 5.09. The zero-order chi connectivity index (χ0) is 11.3. The van der Waals surface area contributed by atoms with Crippen LogP contribution in [0.3, 0.4) is 0 Å². The highest BCUT2D eigenvalue weighted by atomic mass is 16.5. The van der Waals surface area contributed by atoms with E-state index in [1.165, 1.54) is 6.07 Å². The van der Waals surface area contributed by atoms with Crippen molar-refractivity contribution in [3.05, 3.63) is 34.7 Å². The van der Waals surface area contributed by atoms with Crippen LogP contribution in [0.4, 0.5) is 0 Å². The number of aromatic nitrogens is 1. The summed E-state index contributed by atoms with van der Waals surface area (Å²) in [5.41, 5.74) is 5.19. The third-order valence-corrected chi connectivity index (χ3v) is 2.22. The minimum atomic E-state index is -0.321. The van der Waals surface area contributed by atoms with Gasteiger partial charge in [0.1, 0.15) is 0 Å². The summed E-state index contributed by atoms with van der Waals surface area (Å²) >= 11 is 0. The summed E-state index contributed by atoms with van der Waals surface area (Å²) in [7, 11) is 0. The van der Waals surface area contributed by atoms with Crippen LogP contribution < -0.4 is 11.3 Å². The molecule has 15 heavy (non-hydrogen) atoms. The Balaban J connectivity index is 2.45. The van der Waals surface area contributed by atoms with Gasteiger partial charge in [0, 0.05) is 25.4 Å². The highest BCUT2D eigenvalue weighted by Crippen LogP contribution is 2.05. The van der Waals surface area contributed by atoms with Crippen molar-refractivity contribution in [1.29, 1.82) is 0 Å². The Morgan fingerprint density at radius 3 is 2.80 bits per heavy atom. The summed E-state index contributed by atoms with van der Waals surface area (Å²) in [6.45, 7) is 5.38. The summed E-state index contributed by atoms with van der Waals surface area (Å²) in [5, 5.41) is 0. The summed E-state index contributed by atoms with van der Waals surface area (Å²) < 4.78 is 7.17. The molecule has 0 aromatic carbocycles. The first-order valence-corrected chi connectivity index (χ1v) is 5.05. The maximum Gasteiger partial charge on any atom is 0.250 e. The monoisotopic (exact) mass is 210 g/mol. The van der Waals surface area contributed by atoms with E-state index in [0.717, 1.165) is 0 Å². The lowest BCUT2D eigenvalue weighted by molar-refractivity contribution is -0.0144. The molecule has 0 radical (unpaired) electrons. The number of ether oxygens (including phenoxy) is 1. The Hall–Kier alpha value is -1.13. The topological polar surface area (TPSA) is 57.2 Å². The predicted octanol–water partition coefficient (Wildman–Crippen LogP) is 0.602. The standard InChI is InChI=1S/C11H18N2O2/c1-11(2,9-12)15-8-7-13-6-4-3-5-10(13)14/h3-6H,7-9,12H2,1-2H3. The molecule has 0 spiro atoms. The number of hydrogen-bond acceptors (Lipinski definition) is 3. The van der Waals surface area contributed by atoms with Crippen molar-refractivity contribution in [2.45, 2.75) is 26.0 Å². The first-order valence-electron chi connectivity index (χ1n) is 5.05. The first kappa shape index (κ1) is 11.9. The van der Waals surface area contributed by atoms with Gasteiger partial charge in [0.15, 0.2) is 0 Å². The highest BCUT2D eigenvalue weighted by Gasteiger charge is 2.14. The second-order valence-corrected chi connectivity index (χ2v) is 4.04. The van der Waals surface area contributed by atoms with Gasteiger partial charge >= 0.3 is 0 Å². The van der Waals surface area contributed by atoms with Crippen LogP contribution in [0.5, 0.6) is 0 Å². The molecule has 0 fully saturated rings. The van der Waals surface area contributed by atoms with Gasteiger partial charge in [-0.25, -0.2) is 0 Å². The number of hydrogen-bond donors (Lipinski definition) is 1. The molecule has 0 aliphatic carbocycles. The number of nitrogens with two attached hydrogens (primary N) is 1. The molecule has 1 heterocycles. The van der Waals surface area contributed by atoms with E-state index in [4.69, 9.17) is 10.5 Å². The molecule has 84 valence electrons. The minimum Gasteiger partial charge on any atom is -0.372 e. The Morgan fingerprint density at radius 1 is 1.47 bits per heavy atom. The van der Waals surface area contributed by atoms with Crippen LogP contribution in [-0.2, 0) is 11.3 Å². The summed E-state index contributed by atoms with van der Waals surface area (Å²) in [6.07, 6.45) is 1.75.